The minimum Gasteiger partial charge on any atom is -0.488 e. The van der Waals surface area contributed by atoms with E-state index < -0.39 is 21.3 Å². The van der Waals surface area contributed by atoms with Gasteiger partial charge in [0.05, 0.1) is 29.0 Å². The lowest BCUT2D eigenvalue weighted by Gasteiger charge is -2.22. The number of amides is 1. The number of fused-ring (bicyclic) bond motifs is 1. The molecule has 166 valence electrons. The monoisotopic (exact) mass is 452 g/mol. The normalized spacial score (nSPS) is 19.6. The summed E-state index contributed by atoms with van der Waals surface area (Å²) in [5.41, 5.74) is 1.35. The number of pyridine rings is 1. The first-order chi connectivity index (χ1) is 15.4. The van der Waals surface area contributed by atoms with Crippen LogP contribution in [0.15, 0.2) is 59.6 Å². The van der Waals surface area contributed by atoms with Crippen molar-refractivity contribution in [3.05, 3.63) is 65.9 Å². The van der Waals surface area contributed by atoms with Crippen LogP contribution in [0.25, 0.3) is 10.9 Å². The predicted molar refractivity (Wildman–Crippen MR) is 119 cm³/mol. The Morgan fingerprint density at radius 2 is 2.03 bits per heavy atom. The fraction of sp³-hybridized carbons (Fsp3) is 0.333. The molecule has 0 spiro atoms. The SMILES string of the molecule is Cc1ccc(O[C@H]2CCOC2)c(C2(C(=O)NS(=O)(=O)c3cccc4ncccc34)CC2)c1. The topological polar surface area (TPSA) is 94.6 Å². The highest BCUT2D eigenvalue weighted by Crippen LogP contribution is 2.52. The number of hydrogen-bond acceptors (Lipinski definition) is 6. The van der Waals surface area contributed by atoms with Gasteiger partial charge in [0.2, 0.25) is 5.91 Å². The Labute approximate surface area is 186 Å². The highest BCUT2D eigenvalue weighted by molar-refractivity contribution is 7.90. The van der Waals surface area contributed by atoms with Crippen molar-refractivity contribution in [1.82, 2.24) is 9.71 Å². The molecule has 1 atom stereocenters. The lowest BCUT2D eigenvalue weighted by Crippen LogP contribution is -2.39. The van der Waals surface area contributed by atoms with Crippen LogP contribution in [0.1, 0.15) is 30.4 Å². The van der Waals surface area contributed by atoms with Crippen molar-refractivity contribution in [2.24, 2.45) is 0 Å². The third-order valence-corrected chi connectivity index (χ3v) is 7.53. The average Bonchev–Trinajstić information content (AvgIpc) is 3.44. The van der Waals surface area contributed by atoms with E-state index in [4.69, 9.17) is 9.47 Å². The molecule has 1 saturated heterocycles. The van der Waals surface area contributed by atoms with E-state index in [2.05, 4.69) is 9.71 Å². The largest absolute Gasteiger partial charge is 0.488 e. The molecule has 1 amide bonds. The first-order valence-corrected chi connectivity index (χ1v) is 12.1. The van der Waals surface area contributed by atoms with Gasteiger partial charge in [-0.05, 0) is 50.1 Å². The second kappa shape index (κ2) is 7.86. The summed E-state index contributed by atoms with van der Waals surface area (Å²) in [7, 11) is -4.08. The summed E-state index contributed by atoms with van der Waals surface area (Å²) >= 11 is 0. The standard InChI is InChI=1S/C24H24N2O5S/c1-16-7-8-21(31-17-9-13-30-15-17)19(14-16)24(10-11-24)23(27)26-32(28,29)22-6-2-5-20-18(22)4-3-12-25-20/h2-8,12,14,17H,9-11,13,15H2,1H3,(H,26,27)/t17-/m0/s1. The fourth-order valence-corrected chi connectivity index (χ4v) is 5.50. The van der Waals surface area contributed by atoms with Crippen molar-refractivity contribution >= 4 is 26.8 Å². The molecule has 3 aromatic rings. The summed E-state index contributed by atoms with van der Waals surface area (Å²) < 4.78 is 40.3. The molecule has 0 unspecified atom stereocenters. The lowest BCUT2D eigenvalue weighted by atomic mass is 9.93. The van der Waals surface area contributed by atoms with Crippen molar-refractivity contribution in [2.45, 2.75) is 42.6 Å². The fourth-order valence-electron chi connectivity index (χ4n) is 4.23. The number of aryl methyl sites for hydroxylation is 1. The number of benzene rings is 2. The van der Waals surface area contributed by atoms with Crippen LogP contribution in [0, 0.1) is 6.92 Å². The van der Waals surface area contributed by atoms with Gasteiger partial charge in [0, 0.05) is 23.6 Å². The zero-order valence-corrected chi connectivity index (χ0v) is 18.5. The second-order valence-corrected chi connectivity index (χ2v) is 10.1. The molecule has 2 aliphatic rings. The molecule has 7 nitrogen and oxygen atoms in total. The molecule has 2 heterocycles. The maximum absolute atomic E-state index is 13.4. The molecule has 1 aromatic heterocycles. The molecular weight excluding hydrogens is 428 g/mol. The number of nitrogens with one attached hydrogen (secondary N) is 1. The number of hydrogen-bond donors (Lipinski definition) is 1. The zero-order chi connectivity index (χ0) is 22.3. The van der Waals surface area contributed by atoms with E-state index in [0.717, 1.165) is 17.5 Å². The first kappa shape index (κ1) is 20.9. The predicted octanol–water partition coefficient (Wildman–Crippen LogP) is 3.25. The molecule has 1 saturated carbocycles. The van der Waals surface area contributed by atoms with Crippen molar-refractivity contribution in [3.63, 3.8) is 0 Å². The Morgan fingerprint density at radius 1 is 1.19 bits per heavy atom. The molecule has 5 rings (SSSR count). The Balaban J connectivity index is 1.46. The molecule has 2 aromatic carbocycles. The molecule has 0 radical (unpaired) electrons. The van der Waals surface area contributed by atoms with Crippen LogP contribution in [-0.2, 0) is 25.0 Å². The van der Waals surface area contributed by atoms with Crippen LogP contribution in [0.3, 0.4) is 0 Å². The summed E-state index contributed by atoms with van der Waals surface area (Å²) in [6.07, 6.45) is 3.45. The quantitative estimate of drug-likeness (QED) is 0.617. The Hall–Kier alpha value is -2.97. The minimum atomic E-state index is -4.08. The Morgan fingerprint density at radius 3 is 2.78 bits per heavy atom. The van der Waals surface area contributed by atoms with Crippen molar-refractivity contribution in [1.29, 1.82) is 0 Å². The summed E-state index contributed by atoms with van der Waals surface area (Å²) in [5, 5.41) is 0.473. The Bertz CT molecular complexity index is 1290. The zero-order valence-electron chi connectivity index (χ0n) is 17.7. The van der Waals surface area contributed by atoms with Gasteiger partial charge in [-0.15, -0.1) is 0 Å². The highest BCUT2D eigenvalue weighted by atomic mass is 32.2. The van der Waals surface area contributed by atoms with Gasteiger partial charge in [0.1, 0.15) is 11.9 Å². The van der Waals surface area contributed by atoms with Crippen LogP contribution in [0.2, 0.25) is 0 Å². The number of carbonyl (C=O) groups excluding carboxylic acids is 1. The van der Waals surface area contributed by atoms with Crippen LogP contribution in [0.5, 0.6) is 5.75 Å². The van der Waals surface area contributed by atoms with Crippen molar-refractivity contribution in [2.75, 3.05) is 13.2 Å². The summed E-state index contributed by atoms with van der Waals surface area (Å²) in [6, 6.07) is 13.9. The minimum absolute atomic E-state index is 0.0380. The number of nitrogens with zero attached hydrogens (tertiary/aromatic N) is 1. The van der Waals surface area contributed by atoms with Gasteiger partial charge in [-0.2, -0.15) is 0 Å². The number of sulfonamides is 1. The van der Waals surface area contributed by atoms with Crippen molar-refractivity contribution < 1.29 is 22.7 Å². The molecule has 8 heteroatoms. The third kappa shape index (κ3) is 3.73. The van der Waals surface area contributed by atoms with Gasteiger partial charge in [-0.25, -0.2) is 13.1 Å². The highest BCUT2D eigenvalue weighted by Gasteiger charge is 2.54. The van der Waals surface area contributed by atoms with Crippen LogP contribution < -0.4 is 9.46 Å². The van der Waals surface area contributed by atoms with Gasteiger partial charge in [-0.1, -0.05) is 23.8 Å². The average molecular weight is 453 g/mol. The molecule has 1 aliphatic carbocycles. The van der Waals surface area contributed by atoms with E-state index in [1.54, 1.807) is 30.5 Å². The lowest BCUT2D eigenvalue weighted by molar-refractivity contribution is -0.121. The summed E-state index contributed by atoms with van der Waals surface area (Å²) in [5.74, 6) is 0.0852. The van der Waals surface area contributed by atoms with E-state index >= 15 is 0 Å². The van der Waals surface area contributed by atoms with Gasteiger partial charge < -0.3 is 9.47 Å². The van der Waals surface area contributed by atoms with E-state index in [9.17, 15) is 13.2 Å². The van der Waals surface area contributed by atoms with Crippen molar-refractivity contribution in [3.8, 4) is 5.75 Å². The molecular formula is C24H24N2O5S. The van der Waals surface area contributed by atoms with E-state index in [1.807, 2.05) is 25.1 Å². The maximum atomic E-state index is 13.4. The van der Waals surface area contributed by atoms with Crippen LogP contribution in [-0.4, -0.2) is 38.6 Å². The summed E-state index contributed by atoms with van der Waals surface area (Å²) in [4.78, 5) is 17.6. The molecule has 1 N–H and O–H groups in total. The van der Waals surface area contributed by atoms with Gasteiger partial charge in [-0.3, -0.25) is 9.78 Å². The smallest absolute Gasteiger partial charge is 0.264 e. The number of rotatable bonds is 6. The van der Waals surface area contributed by atoms with Gasteiger partial charge >= 0.3 is 0 Å². The van der Waals surface area contributed by atoms with Gasteiger partial charge in [0.25, 0.3) is 10.0 Å². The summed E-state index contributed by atoms with van der Waals surface area (Å²) in [6.45, 7) is 3.10. The first-order valence-electron chi connectivity index (χ1n) is 10.7. The molecule has 0 bridgehead atoms. The maximum Gasteiger partial charge on any atom is 0.264 e. The van der Waals surface area contributed by atoms with Crippen LogP contribution >= 0.6 is 0 Å². The van der Waals surface area contributed by atoms with E-state index in [1.165, 1.54) is 6.07 Å². The number of aromatic nitrogens is 1. The second-order valence-electron chi connectivity index (χ2n) is 8.45. The van der Waals surface area contributed by atoms with Crippen LogP contribution in [0.4, 0.5) is 0 Å². The molecule has 2 fully saturated rings. The van der Waals surface area contributed by atoms with E-state index in [-0.39, 0.29) is 11.0 Å². The molecule has 32 heavy (non-hydrogen) atoms. The molecule has 1 aliphatic heterocycles. The number of carbonyl (C=O) groups is 1. The number of ether oxygens (including phenoxy) is 2. The Kier molecular flexibility index (Phi) is 5.14. The third-order valence-electron chi connectivity index (χ3n) is 6.14. The van der Waals surface area contributed by atoms with E-state index in [0.29, 0.717) is 42.7 Å². The van der Waals surface area contributed by atoms with Gasteiger partial charge in [0.15, 0.2) is 0 Å².